The Kier molecular flexibility index (Phi) is 4.41. The van der Waals surface area contributed by atoms with Crippen molar-refractivity contribution in [2.24, 2.45) is 11.8 Å². The molecule has 0 spiro atoms. The third kappa shape index (κ3) is 2.49. The first-order chi connectivity index (χ1) is 8.43. The molecule has 1 rings (SSSR count). The molecule has 0 bridgehead atoms. The van der Waals surface area contributed by atoms with Crippen LogP contribution < -0.4 is 0 Å². The van der Waals surface area contributed by atoms with Gasteiger partial charge in [0.05, 0.1) is 19.6 Å². The quantitative estimate of drug-likeness (QED) is 0.377. The Morgan fingerprint density at radius 2 is 2.00 bits per heavy atom. The monoisotopic (exact) mass is 257 g/mol. The van der Waals surface area contributed by atoms with Crippen LogP contribution in [0.5, 0.6) is 0 Å². The van der Waals surface area contributed by atoms with Crippen molar-refractivity contribution in [3.05, 3.63) is 0 Å². The normalized spacial score (nSPS) is 20.8. The maximum atomic E-state index is 11.8. The molecule has 2 atom stereocenters. The van der Waals surface area contributed by atoms with Gasteiger partial charge in [-0.15, -0.1) is 0 Å². The molecule has 1 heterocycles. The number of carbonyl (C=O) groups excluding carboxylic acids is 4. The van der Waals surface area contributed by atoms with Gasteiger partial charge in [-0.25, -0.2) is 0 Å². The molecular weight excluding hydrogens is 242 g/mol. The van der Waals surface area contributed by atoms with Crippen molar-refractivity contribution in [1.82, 2.24) is 4.90 Å². The summed E-state index contributed by atoms with van der Waals surface area (Å²) < 4.78 is 9.23. The molecular formula is C11H15NO6. The van der Waals surface area contributed by atoms with Gasteiger partial charge in [-0.2, -0.15) is 0 Å². The summed E-state index contributed by atoms with van der Waals surface area (Å²) in [7, 11) is 2.42. The second-order valence-electron chi connectivity index (χ2n) is 3.85. The molecule has 0 N–H and O–H groups in total. The topological polar surface area (TPSA) is 90.0 Å². The fraction of sp³-hybridized carbons (Fsp3) is 0.636. The molecule has 0 aromatic heterocycles. The molecule has 2 amide bonds. The zero-order valence-electron chi connectivity index (χ0n) is 10.5. The predicted octanol–water partition coefficient (Wildman–Crippen LogP) is -0.656. The maximum Gasteiger partial charge on any atom is 0.321 e. The van der Waals surface area contributed by atoms with Crippen LogP contribution in [0.25, 0.3) is 0 Å². The molecule has 0 aromatic carbocycles. The molecule has 1 aliphatic rings. The first-order valence-corrected chi connectivity index (χ1v) is 5.48. The third-order valence-electron chi connectivity index (χ3n) is 2.81. The summed E-state index contributed by atoms with van der Waals surface area (Å²) in [4.78, 5) is 47.3. The number of likely N-dealkylation sites (tertiary alicyclic amines) is 1. The highest BCUT2D eigenvalue weighted by Gasteiger charge is 2.48. The molecule has 100 valence electrons. The fourth-order valence-corrected chi connectivity index (χ4v) is 1.83. The van der Waals surface area contributed by atoms with E-state index in [9.17, 15) is 19.2 Å². The van der Waals surface area contributed by atoms with Gasteiger partial charge in [-0.05, 0) is 6.92 Å². The molecule has 0 saturated carbocycles. The average molecular weight is 257 g/mol. The SMILES string of the molecule is CCOC(=O)C(C(=O)OC)[C@H]1CC(=O)N(C)C1=O. The van der Waals surface area contributed by atoms with Crippen molar-refractivity contribution in [2.75, 3.05) is 20.8 Å². The van der Waals surface area contributed by atoms with Crippen molar-refractivity contribution in [3.63, 3.8) is 0 Å². The van der Waals surface area contributed by atoms with Gasteiger partial charge in [0.25, 0.3) is 0 Å². The Hall–Kier alpha value is -1.92. The lowest BCUT2D eigenvalue weighted by molar-refractivity contribution is -0.165. The van der Waals surface area contributed by atoms with E-state index >= 15 is 0 Å². The van der Waals surface area contributed by atoms with Gasteiger partial charge >= 0.3 is 11.9 Å². The zero-order chi connectivity index (χ0) is 13.9. The molecule has 0 aromatic rings. The molecule has 0 radical (unpaired) electrons. The van der Waals surface area contributed by atoms with Crippen molar-refractivity contribution in [2.45, 2.75) is 13.3 Å². The average Bonchev–Trinajstić information content (AvgIpc) is 2.58. The van der Waals surface area contributed by atoms with Gasteiger partial charge < -0.3 is 9.47 Å². The van der Waals surface area contributed by atoms with E-state index in [4.69, 9.17) is 4.74 Å². The largest absolute Gasteiger partial charge is 0.468 e. The van der Waals surface area contributed by atoms with Crippen LogP contribution in [-0.2, 0) is 28.7 Å². The number of imide groups is 1. The van der Waals surface area contributed by atoms with Crippen LogP contribution in [-0.4, -0.2) is 49.4 Å². The van der Waals surface area contributed by atoms with E-state index in [-0.39, 0.29) is 13.0 Å². The van der Waals surface area contributed by atoms with Gasteiger partial charge in [0, 0.05) is 13.5 Å². The molecule has 0 aliphatic carbocycles. The number of amides is 2. The van der Waals surface area contributed by atoms with E-state index in [1.54, 1.807) is 6.92 Å². The van der Waals surface area contributed by atoms with Gasteiger partial charge in [0.2, 0.25) is 11.8 Å². The minimum absolute atomic E-state index is 0.0804. The van der Waals surface area contributed by atoms with E-state index in [0.29, 0.717) is 0 Å². The number of carbonyl (C=O) groups is 4. The van der Waals surface area contributed by atoms with Crippen molar-refractivity contribution < 1.29 is 28.7 Å². The van der Waals surface area contributed by atoms with E-state index in [1.165, 1.54) is 7.05 Å². The summed E-state index contributed by atoms with van der Waals surface area (Å²) in [6, 6.07) is 0. The Labute approximate surface area is 104 Å². The standard InChI is InChI=1S/C11H15NO6/c1-4-18-11(16)8(10(15)17-3)6-5-7(13)12(2)9(6)14/h6,8H,4-5H2,1-3H3/t6-,8?/m1/s1. The number of esters is 2. The minimum Gasteiger partial charge on any atom is -0.468 e. The van der Waals surface area contributed by atoms with E-state index in [2.05, 4.69) is 4.74 Å². The van der Waals surface area contributed by atoms with Crippen LogP contribution in [0.3, 0.4) is 0 Å². The highest BCUT2D eigenvalue weighted by Crippen LogP contribution is 2.27. The second kappa shape index (κ2) is 5.61. The van der Waals surface area contributed by atoms with E-state index in [0.717, 1.165) is 12.0 Å². The van der Waals surface area contributed by atoms with Crippen molar-refractivity contribution in [1.29, 1.82) is 0 Å². The highest BCUT2D eigenvalue weighted by atomic mass is 16.5. The summed E-state index contributed by atoms with van der Waals surface area (Å²) in [5.74, 6) is -5.11. The summed E-state index contributed by atoms with van der Waals surface area (Å²) in [5.41, 5.74) is 0. The molecule has 1 fully saturated rings. The summed E-state index contributed by atoms with van der Waals surface area (Å²) in [5, 5.41) is 0. The van der Waals surface area contributed by atoms with Crippen LogP contribution >= 0.6 is 0 Å². The fourth-order valence-electron chi connectivity index (χ4n) is 1.83. The Balaban J connectivity index is 2.98. The van der Waals surface area contributed by atoms with Crippen molar-refractivity contribution in [3.8, 4) is 0 Å². The molecule has 1 saturated heterocycles. The van der Waals surface area contributed by atoms with E-state index < -0.39 is 35.6 Å². The first-order valence-electron chi connectivity index (χ1n) is 5.48. The van der Waals surface area contributed by atoms with Gasteiger partial charge in [0.1, 0.15) is 0 Å². The van der Waals surface area contributed by atoms with Gasteiger partial charge in [-0.1, -0.05) is 0 Å². The summed E-state index contributed by atoms with van der Waals surface area (Å²) in [6.07, 6.45) is -0.187. The molecule has 1 aliphatic heterocycles. The van der Waals surface area contributed by atoms with Crippen LogP contribution in [0, 0.1) is 11.8 Å². The summed E-state index contributed by atoms with van der Waals surface area (Å²) >= 11 is 0. The zero-order valence-corrected chi connectivity index (χ0v) is 10.5. The van der Waals surface area contributed by atoms with Crippen molar-refractivity contribution >= 4 is 23.8 Å². The lowest BCUT2D eigenvalue weighted by Crippen LogP contribution is -2.38. The molecule has 1 unspecified atom stereocenters. The summed E-state index contributed by atoms with van der Waals surface area (Å²) in [6.45, 7) is 1.66. The Bertz CT molecular complexity index is 391. The minimum atomic E-state index is -1.38. The Morgan fingerprint density at radius 3 is 2.39 bits per heavy atom. The lowest BCUT2D eigenvalue weighted by atomic mass is 9.91. The highest BCUT2D eigenvalue weighted by molar-refractivity contribution is 6.08. The molecule has 18 heavy (non-hydrogen) atoms. The van der Waals surface area contributed by atoms with Crippen LogP contribution in [0.4, 0.5) is 0 Å². The molecule has 7 nitrogen and oxygen atoms in total. The number of hydrogen-bond acceptors (Lipinski definition) is 6. The lowest BCUT2D eigenvalue weighted by Gasteiger charge is -2.17. The van der Waals surface area contributed by atoms with Crippen LogP contribution in [0.2, 0.25) is 0 Å². The second-order valence-corrected chi connectivity index (χ2v) is 3.85. The smallest absolute Gasteiger partial charge is 0.321 e. The van der Waals surface area contributed by atoms with Crippen LogP contribution in [0.15, 0.2) is 0 Å². The van der Waals surface area contributed by atoms with Crippen LogP contribution in [0.1, 0.15) is 13.3 Å². The van der Waals surface area contributed by atoms with Gasteiger partial charge in [0.15, 0.2) is 5.92 Å². The first kappa shape index (κ1) is 14.1. The number of rotatable bonds is 4. The third-order valence-corrected chi connectivity index (χ3v) is 2.81. The Morgan fingerprint density at radius 1 is 1.39 bits per heavy atom. The maximum absolute atomic E-state index is 11.8. The number of ether oxygens (including phenoxy) is 2. The predicted molar refractivity (Wildman–Crippen MR) is 58.0 cm³/mol. The number of hydrogen-bond donors (Lipinski definition) is 0. The van der Waals surface area contributed by atoms with E-state index in [1.807, 2.05) is 0 Å². The number of methoxy groups -OCH3 is 1. The van der Waals surface area contributed by atoms with Gasteiger partial charge in [-0.3, -0.25) is 24.1 Å². The number of nitrogens with zero attached hydrogens (tertiary/aromatic N) is 1. The molecule has 7 heteroatoms.